The van der Waals surface area contributed by atoms with E-state index < -0.39 is 0 Å². The van der Waals surface area contributed by atoms with Crippen molar-refractivity contribution < 1.29 is 0 Å². The van der Waals surface area contributed by atoms with Gasteiger partial charge in [0.1, 0.15) is 18.0 Å². The van der Waals surface area contributed by atoms with Gasteiger partial charge in [0.25, 0.3) is 0 Å². The standard InChI is InChI=1S/C11H18IN5/c1-7-4-17(5-8(2)16(7)3)11-9(12)10(13)14-6-15-11/h6-8H,4-5H2,1-3H3,(H2,13,14,15)/t7-,8+. The van der Waals surface area contributed by atoms with Crippen LogP contribution < -0.4 is 10.6 Å². The Bertz CT molecular complexity index is 399. The highest BCUT2D eigenvalue weighted by Gasteiger charge is 2.28. The van der Waals surface area contributed by atoms with Crippen LogP contribution in [0.5, 0.6) is 0 Å². The summed E-state index contributed by atoms with van der Waals surface area (Å²) in [5.41, 5.74) is 5.83. The highest BCUT2D eigenvalue weighted by Crippen LogP contribution is 2.26. The molecular weight excluding hydrogens is 329 g/mol. The van der Waals surface area contributed by atoms with Crippen LogP contribution in [0.3, 0.4) is 0 Å². The van der Waals surface area contributed by atoms with Crippen molar-refractivity contribution in [3.63, 3.8) is 0 Å². The molecule has 6 heteroatoms. The van der Waals surface area contributed by atoms with Gasteiger partial charge in [-0.05, 0) is 43.5 Å². The summed E-state index contributed by atoms with van der Waals surface area (Å²) >= 11 is 2.22. The van der Waals surface area contributed by atoms with Gasteiger partial charge in [0, 0.05) is 25.2 Å². The molecule has 0 spiro atoms. The summed E-state index contributed by atoms with van der Waals surface area (Å²) in [5, 5.41) is 0. The smallest absolute Gasteiger partial charge is 0.147 e. The van der Waals surface area contributed by atoms with Gasteiger partial charge in [0.15, 0.2) is 0 Å². The first-order valence-electron chi connectivity index (χ1n) is 5.73. The van der Waals surface area contributed by atoms with E-state index in [-0.39, 0.29) is 0 Å². The van der Waals surface area contributed by atoms with Gasteiger partial charge in [-0.3, -0.25) is 4.90 Å². The molecule has 2 N–H and O–H groups in total. The number of nitrogens with two attached hydrogens (primary N) is 1. The molecule has 0 aromatic carbocycles. The lowest BCUT2D eigenvalue weighted by atomic mass is 10.1. The van der Waals surface area contributed by atoms with Crippen molar-refractivity contribution in [3.8, 4) is 0 Å². The highest BCUT2D eigenvalue weighted by atomic mass is 127. The first-order chi connectivity index (χ1) is 8.00. The van der Waals surface area contributed by atoms with Crippen molar-refractivity contribution in [2.45, 2.75) is 25.9 Å². The molecule has 2 atom stereocenters. The van der Waals surface area contributed by atoms with Crippen molar-refractivity contribution in [2.75, 3.05) is 30.8 Å². The SMILES string of the molecule is C[C@@H]1CN(c2ncnc(N)c2I)C[C@H](C)N1C. The maximum absolute atomic E-state index is 5.83. The Hall–Kier alpha value is -0.630. The fraction of sp³-hybridized carbons (Fsp3) is 0.636. The summed E-state index contributed by atoms with van der Waals surface area (Å²) in [7, 11) is 2.17. The van der Waals surface area contributed by atoms with E-state index >= 15 is 0 Å². The average Bonchev–Trinajstić information content (AvgIpc) is 2.29. The van der Waals surface area contributed by atoms with Gasteiger partial charge >= 0.3 is 0 Å². The topological polar surface area (TPSA) is 58.3 Å². The van der Waals surface area contributed by atoms with Gasteiger partial charge in [-0.2, -0.15) is 0 Å². The highest BCUT2D eigenvalue weighted by molar-refractivity contribution is 14.1. The summed E-state index contributed by atoms with van der Waals surface area (Å²) < 4.78 is 0.953. The van der Waals surface area contributed by atoms with Crippen LogP contribution in [0.1, 0.15) is 13.8 Å². The molecule has 94 valence electrons. The normalized spacial score (nSPS) is 26.2. The lowest BCUT2D eigenvalue weighted by Crippen LogP contribution is -2.55. The number of halogens is 1. The molecule has 17 heavy (non-hydrogen) atoms. The van der Waals surface area contributed by atoms with Crippen molar-refractivity contribution >= 4 is 34.2 Å². The van der Waals surface area contributed by atoms with E-state index in [9.17, 15) is 0 Å². The predicted octanol–water partition coefficient (Wildman–Crippen LogP) is 1.19. The molecule has 1 aliphatic rings. The Morgan fingerprint density at radius 2 is 1.88 bits per heavy atom. The van der Waals surface area contributed by atoms with Gasteiger partial charge in [-0.15, -0.1) is 0 Å². The molecule has 1 aromatic rings. The summed E-state index contributed by atoms with van der Waals surface area (Å²) in [6.45, 7) is 6.43. The van der Waals surface area contributed by atoms with Crippen LogP contribution in [0.4, 0.5) is 11.6 Å². The summed E-state index contributed by atoms with van der Waals surface area (Å²) in [5.74, 6) is 1.53. The maximum Gasteiger partial charge on any atom is 0.147 e. The van der Waals surface area contributed by atoms with Crippen LogP contribution in [0.2, 0.25) is 0 Å². The Labute approximate surface area is 116 Å². The molecule has 0 saturated carbocycles. The average molecular weight is 347 g/mol. The van der Waals surface area contributed by atoms with E-state index in [4.69, 9.17) is 5.73 Å². The second-order valence-corrected chi connectivity index (χ2v) is 5.74. The fourth-order valence-corrected chi connectivity index (χ4v) is 2.79. The molecule has 1 aliphatic heterocycles. The zero-order valence-electron chi connectivity index (χ0n) is 10.4. The number of hydrogen-bond acceptors (Lipinski definition) is 5. The zero-order chi connectivity index (χ0) is 12.6. The monoisotopic (exact) mass is 347 g/mol. The van der Waals surface area contributed by atoms with E-state index in [0.29, 0.717) is 17.9 Å². The van der Waals surface area contributed by atoms with Gasteiger partial charge in [-0.1, -0.05) is 0 Å². The van der Waals surface area contributed by atoms with Crippen LogP contribution >= 0.6 is 22.6 Å². The van der Waals surface area contributed by atoms with Crippen LogP contribution in [0, 0.1) is 3.57 Å². The van der Waals surface area contributed by atoms with Crippen LogP contribution in [-0.2, 0) is 0 Å². The number of rotatable bonds is 1. The quantitative estimate of drug-likeness (QED) is 0.774. The van der Waals surface area contributed by atoms with E-state index in [2.05, 4.69) is 63.3 Å². The van der Waals surface area contributed by atoms with Crippen molar-refractivity contribution in [3.05, 3.63) is 9.90 Å². The summed E-state index contributed by atoms with van der Waals surface area (Å²) in [6.07, 6.45) is 1.54. The van der Waals surface area contributed by atoms with Gasteiger partial charge in [0.05, 0.1) is 3.57 Å². The molecule has 2 heterocycles. The van der Waals surface area contributed by atoms with Crippen LogP contribution in [-0.4, -0.2) is 47.1 Å². The lowest BCUT2D eigenvalue weighted by molar-refractivity contribution is 0.169. The van der Waals surface area contributed by atoms with E-state index in [1.165, 1.54) is 0 Å². The maximum atomic E-state index is 5.83. The third kappa shape index (κ3) is 2.47. The third-order valence-corrected chi connectivity index (χ3v) is 4.49. The minimum Gasteiger partial charge on any atom is -0.383 e. The zero-order valence-corrected chi connectivity index (χ0v) is 12.5. The number of piperazine rings is 1. The number of hydrogen-bond donors (Lipinski definition) is 1. The molecule has 0 unspecified atom stereocenters. The van der Waals surface area contributed by atoms with Crippen molar-refractivity contribution in [1.82, 2.24) is 14.9 Å². The fourth-order valence-electron chi connectivity index (χ4n) is 2.17. The second kappa shape index (κ2) is 4.93. The summed E-state index contributed by atoms with van der Waals surface area (Å²) in [6, 6.07) is 1.04. The number of nitrogen functional groups attached to an aromatic ring is 1. The predicted molar refractivity (Wildman–Crippen MR) is 78.1 cm³/mol. The molecular formula is C11H18IN5. The molecule has 0 radical (unpaired) electrons. The minimum absolute atomic E-state index is 0.519. The molecule has 5 nitrogen and oxygen atoms in total. The Balaban J connectivity index is 2.26. The van der Waals surface area contributed by atoms with E-state index in [1.807, 2.05) is 0 Å². The number of anilines is 2. The largest absolute Gasteiger partial charge is 0.383 e. The lowest BCUT2D eigenvalue weighted by Gasteiger charge is -2.43. The Morgan fingerprint density at radius 1 is 1.29 bits per heavy atom. The molecule has 0 bridgehead atoms. The Morgan fingerprint density at radius 3 is 2.47 bits per heavy atom. The van der Waals surface area contributed by atoms with E-state index in [1.54, 1.807) is 6.33 Å². The van der Waals surface area contributed by atoms with Crippen LogP contribution in [0.15, 0.2) is 6.33 Å². The number of aromatic nitrogens is 2. The first kappa shape index (κ1) is 12.8. The van der Waals surface area contributed by atoms with Crippen molar-refractivity contribution in [2.24, 2.45) is 0 Å². The molecule has 1 fully saturated rings. The molecule has 1 aromatic heterocycles. The van der Waals surface area contributed by atoms with Crippen molar-refractivity contribution in [1.29, 1.82) is 0 Å². The van der Waals surface area contributed by atoms with E-state index in [0.717, 1.165) is 22.5 Å². The molecule has 1 saturated heterocycles. The molecule has 2 rings (SSSR count). The van der Waals surface area contributed by atoms with Gasteiger partial charge in [0.2, 0.25) is 0 Å². The van der Waals surface area contributed by atoms with Gasteiger partial charge < -0.3 is 10.6 Å². The second-order valence-electron chi connectivity index (χ2n) is 4.66. The minimum atomic E-state index is 0.519. The Kier molecular flexibility index (Phi) is 3.72. The number of nitrogens with zero attached hydrogens (tertiary/aromatic N) is 4. The summed E-state index contributed by atoms with van der Waals surface area (Å²) in [4.78, 5) is 13.1. The molecule has 0 aliphatic carbocycles. The first-order valence-corrected chi connectivity index (χ1v) is 6.81. The number of likely N-dealkylation sites (N-methyl/N-ethyl adjacent to an activating group) is 1. The van der Waals surface area contributed by atoms with Gasteiger partial charge in [-0.25, -0.2) is 9.97 Å². The molecule has 0 amide bonds. The van der Waals surface area contributed by atoms with Crippen LogP contribution in [0.25, 0.3) is 0 Å². The third-order valence-electron chi connectivity index (χ3n) is 3.46.